The van der Waals surface area contributed by atoms with Gasteiger partial charge in [0.2, 0.25) is 0 Å². The molecule has 2 aliphatic rings. The van der Waals surface area contributed by atoms with Crippen molar-refractivity contribution in [2.45, 2.75) is 25.7 Å². The van der Waals surface area contributed by atoms with Gasteiger partial charge in [0.25, 0.3) is 0 Å². The molecule has 1 atom stereocenters. The molecule has 0 radical (unpaired) electrons. The molecule has 0 amide bonds. The van der Waals surface area contributed by atoms with E-state index >= 15 is 0 Å². The molecule has 0 saturated heterocycles. The minimum absolute atomic E-state index is 0.831. The van der Waals surface area contributed by atoms with Crippen molar-refractivity contribution in [3.05, 3.63) is 23.8 Å². The van der Waals surface area contributed by atoms with Crippen LogP contribution in [0.5, 0.6) is 0 Å². The van der Waals surface area contributed by atoms with Gasteiger partial charge < -0.3 is 10.1 Å². The van der Waals surface area contributed by atoms with Crippen LogP contribution in [0.2, 0.25) is 0 Å². The van der Waals surface area contributed by atoms with Crippen molar-refractivity contribution in [2.24, 2.45) is 5.92 Å². The summed E-state index contributed by atoms with van der Waals surface area (Å²) in [6, 6.07) is 0. The molecule has 1 aliphatic heterocycles. The first kappa shape index (κ1) is 10.9. The molecule has 0 aromatic carbocycles. The number of allylic oxidation sites excluding steroid dienone is 2. The van der Waals surface area contributed by atoms with E-state index in [0.717, 1.165) is 38.6 Å². The summed E-state index contributed by atoms with van der Waals surface area (Å²) in [6.07, 6.45) is 11.9. The zero-order chi connectivity index (χ0) is 10.3. The summed E-state index contributed by atoms with van der Waals surface area (Å²) < 4.78 is 5.41. The lowest BCUT2D eigenvalue weighted by Gasteiger charge is -2.19. The molecule has 0 fully saturated rings. The zero-order valence-electron chi connectivity index (χ0n) is 9.37. The van der Waals surface area contributed by atoms with Gasteiger partial charge in [-0.1, -0.05) is 18.2 Å². The van der Waals surface area contributed by atoms with Crippen molar-refractivity contribution in [1.82, 2.24) is 5.32 Å². The molecule has 1 aliphatic carbocycles. The molecule has 15 heavy (non-hydrogen) atoms. The van der Waals surface area contributed by atoms with E-state index in [2.05, 4.69) is 23.5 Å². The van der Waals surface area contributed by atoms with Crippen molar-refractivity contribution in [3.8, 4) is 0 Å². The third-order valence-corrected chi connectivity index (χ3v) is 3.15. The Bertz CT molecular complexity index is 245. The first-order valence-electron chi connectivity index (χ1n) is 6.06. The summed E-state index contributed by atoms with van der Waals surface area (Å²) in [7, 11) is 0. The van der Waals surface area contributed by atoms with E-state index in [1.165, 1.54) is 24.8 Å². The van der Waals surface area contributed by atoms with E-state index in [1.54, 1.807) is 0 Å². The first-order chi connectivity index (χ1) is 7.45. The third kappa shape index (κ3) is 3.80. The van der Waals surface area contributed by atoms with Crippen LogP contribution in [0.4, 0.5) is 0 Å². The highest BCUT2D eigenvalue weighted by atomic mass is 16.5. The summed E-state index contributed by atoms with van der Waals surface area (Å²) in [5.74, 6) is 0.847. The van der Waals surface area contributed by atoms with Crippen LogP contribution in [0.15, 0.2) is 23.8 Å². The van der Waals surface area contributed by atoms with Gasteiger partial charge in [0.05, 0.1) is 13.2 Å². The lowest BCUT2D eigenvalue weighted by Crippen LogP contribution is -2.27. The van der Waals surface area contributed by atoms with Gasteiger partial charge in [0, 0.05) is 6.54 Å². The average molecular weight is 207 g/mol. The quantitative estimate of drug-likeness (QED) is 0.714. The van der Waals surface area contributed by atoms with Crippen LogP contribution in [0.25, 0.3) is 0 Å². The van der Waals surface area contributed by atoms with Crippen LogP contribution >= 0.6 is 0 Å². The number of ether oxygens (including phenoxy) is 1. The molecular formula is C13H21NO. The molecule has 1 heterocycles. The fraction of sp³-hybridized carbons (Fsp3) is 0.692. The van der Waals surface area contributed by atoms with Crippen LogP contribution in [0.1, 0.15) is 25.7 Å². The minimum Gasteiger partial charge on any atom is -0.377 e. The highest BCUT2D eigenvalue weighted by Crippen LogP contribution is 2.17. The molecule has 1 N–H and O–H groups in total. The maximum absolute atomic E-state index is 5.41. The average Bonchev–Trinajstić information content (AvgIpc) is 2.32. The normalized spacial score (nSPS) is 26.4. The fourth-order valence-electron chi connectivity index (χ4n) is 2.21. The first-order valence-corrected chi connectivity index (χ1v) is 6.06. The smallest absolute Gasteiger partial charge is 0.0689 e. The summed E-state index contributed by atoms with van der Waals surface area (Å²) in [6.45, 7) is 3.90. The van der Waals surface area contributed by atoms with Gasteiger partial charge in [-0.25, -0.2) is 0 Å². The predicted octanol–water partition coefficient (Wildman–Crippen LogP) is 2.28. The van der Waals surface area contributed by atoms with Crippen molar-refractivity contribution in [2.75, 3.05) is 26.3 Å². The molecule has 2 heteroatoms. The molecule has 2 nitrogen and oxygen atoms in total. The van der Waals surface area contributed by atoms with E-state index in [9.17, 15) is 0 Å². The van der Waals surface area contributed by atoms with E-state index < -0.39 is 0 Å². The number of hydrogen-bond donors (Lipinski definition) is 1. The second kappa shape index (κ2) is 6.09. The summed E-state index contributed by atoms with van der Waals surface area (Å²) in [4.78, 5) is 0. The molecule has 2 rings (SSSR count). The van der Waals surface area contributed by atoms with E-state index in [4.69, 9.17) is 4.74 Å². The molecule has 1 unspecified atom stereocenters. The topological polar surface area (TPSA) is 21.3 Å². The Labute approximate surface area is 92.4 Å². The minimum atomic E-state index is 0.831. The van der Waals surface area contributed by atoms with Crippen molar-refractivity contribution >= 4 is 0 Å². The maximum atomic E-state index is 5.41. The highest BCUT2D eigenvalue weighted by molar-refractivity contribution is 5.06. The molecule has 0 aromatic heterocycles. The van der Waals surface area contributed by atoms with Gasteiger partial charge in [-0.2, -0.15) is 0 Å². The lowest BCUT2D eigenvalue weighted by atomic mass is 9.94. The van der Waals surface area contributed by atoms with E-state index in [1.807, 2.05) is 0 Å². The lowest BCUT2D eigenvalue weighted by molar-refractivity contribution is 0.148. The van der Waals surface area contributed by atoms with Crippen LogP contribution in [-0.4, -0.2) is 26.3 Å². The molecule has 0 aromatic rings. The second-order valence-electron chi connectivity index (χ2n) is 4.49. The Morgan fingerprint density at radius 2 is 2.33 bits per heavy atom. The van der Waals surface area contributed by atoms with Crippen molar-refractivity contribution in [3.63, 3.8) is 0 Å². The second-order valence-corrected chi connectivity index (χ2v) is 4.49. The van der Waals surface area contributed by atoms with Crippen molar-refractivity contribution in [1.29, 1.82) is 0 Å². The zero-order valence-corrected chi connectivity index (χ0v) is 9.37. The summed E-state index contributed by atoms with van der Waals surface area (Å²) >= 11 is 0. The Morgan fingerprint density at radius 1 is 1.33 bits per heavy atom. The van der Waals surface area contributed by atoms with Gasteiger partial charge in [-0.3, -0.25) is 0 Å². The van der Waals surface area contributed by atoms with Crippen LogP contribution < -0.4 is 5.32 Å². The highest BCUT2D eigenvalue weighted by Gasteiger charge is 2.09. The van der Waals surface area contributed by atoms with Gasteiger partial charge in [-0.05, 0) is 43.7 Å². The van der Waals surface area contributed by atoms with Gasteiger partial charge in [0.1, 0.15) is 0 Å². The Hall–Kier alpha value is -0.600. The summed E-state index contributed by atoms with van der Waals surface area (Å²) in [5.41, 5.74) is 1.42. The van der Waals surface area contributed by atoms with Crippen LogP contribution in [-0.2, 0) is 4.74 Å². The molecule has 0 bridgehead atoms. The Kier molecular flexibility index (Phi) is 4.42. The van der Waals surface area contributed by atoms with E-state index in [-0.39, 0.29) is 0 Å². The van der Waals surface area contributed by atoms with Gasteiger partial charge in [-0.15, -0.1) is 0 Å². The fourth-order valence-corrected chi connectivity index (χ4v) is 2.21. The Balaban J connectivity index is 1.61. The summed E-state index contributed by atoms with van der Waals surface area (Å²) in [5, 5.41) is 3.54. The van der Waals surface area contributed by atoms with Crippen LogP contribution in [0.3, 0.4) is 0 Å². The molecule has 84 valence electrons. The van der Waals surface area contributed by atoms with Crippen LogP contribution in [0, 0.1) is 5.92 Å². The van der Waals surface area contributed by atoms with Crippen molar-refractivity contribution < 1.29 is 4.74 Å². The molecule has 0 saturated carbocycles. The molecular weight excluding hydrogens is 186 g/mol. The third-order valence-electron chi connectivity index (χ3n) is 3.15. The number of rotatable bonds is 4. The standard InChI is InChI=1S/C13H21NO/c1-2-5-12(6-3-1)9-14-10-13-7-4-8-15-11-13/h1-2,7,12,14H,3-6,8-11H2. The molecule has 0 spiro atoms. The van der Waals surface area contributed by atoms with Gasteiger partial charge in [0.15, 0.2) is 0 Å². The largest absolute Gasteiger partial charge is 0.377 e. The van der Waals surface area contributed by atoms with E-state index in [0.29, 0.717) is 0 Å². The SMILES string of the molecule is C1=CCC(CNCC2=CCCOC2)CC1. The monoisotopic (exact) mass is 207 g/mol. The number of hydrogen-bond acceptors (Lipinski definition) is 2. The Morgan fingerprint density at radius 3 is 3.07 bits per heavy atom. The number of nitrogens with one attached hydrogen (secondary N) is 1. The van der Waals surface area contributed by atoms with Gasteiger partial charge >= 0.3 is 0 Å². The maximum Gasteiger partial charge on any atom is 0.0689 e. The predicted molar refractivity (Wildman–Crippen MR) is 62.9 cm³/mol.